The number of nitrogens with zero attached hydrogens (tertiary/aromatic N) is 8. The molecule has 3 aromatic carbocycles. The molecule has 0 aromatic heterocycles. The van der Waals surface area contributed by atoms with Gasteiger partial charge in [0.2, 0.25) is 5.91 Å². The quantitative estimate of drug-likeness (QED) is 0.0337. The highest BCUT2D eigenvalue weighted by Gasteiger charge is 2.54. The largest absolute Gasteiger partial charge is 0.378 e. The summed E-state index contributed by atoms with van der Waals surface area (Å²) >= 11 is 0. The zero-order valence-corrected chi connectivity index (χ0v) is 83.7. The monoisotopic (exact) mass is 1830 g/mol. The molecule has 5 amide bonds. The molecule has 16 rings (SSSR count). The van der Waals surface area contributed by atoms with Crippen LogP contribution < -0.4 is 28.3 Å². The van der Waals surface area contributed by atoms with Gasteiger partial charge in [-0.3, -0.25) is 43.6 Å². The molecule has 4 aliphatic heterocycles. The van der Waals surface area contributed by atoms with Crippen molar-refractivity contribution >= 4 is 53.4 Å². The summed E-state index contributed by atoms with van der Waals surface area (Å²) < 4.78 is 6.12. The number of likely N-dealkylation sites (N-methyl/N-ethyl adjacent to an activating group) is 1. The number of nitrogens with one attached hydrogen (secondary N) is 1. The first-order valence-corrected chi connectivity index (χ1v) is 55.5. The van der Waals surface area contributed by atoms with Gasteiger partial charge < -0.3 is 33.0 Å². The van der Waals surface area contributed by atoms with Gasteiger partial charge in [-0.1, -0.05) is 368 Å². The summed E-state index contributed by atoms with van der Waals surface area (Å²) in [5.41, 5.74) is 27.9. The van der Waals surface area contributed by atoms with Gasteiger partial charge in [0.1, 0.15) is 22.2 Å². The molecule has 0 spiro atoms. The number of hydrogen-bond donors (Lipinski definition) is 5. The Morgan fingerprint density at radius 2 is 0.782 bits per heavy atom. The Kier molecular flexibility index (Phi) is 40.8. The van der Waals surface area contributed by atoms with Gasteiger partial charge >= 0.3 is 0 Å². The highest BCUT2D eigenvalue weighted by Crippen LogP contribution is 2.48. The minimum atomic E-state index is -0.672. The van der Waals surface area contributed by atoms with Crippen molar-refractivity contribution in [1.82, 2.24) is 24.9 Å². The van der Waals surface area contributed by atoms with Crippen LogP contribution in [0.3, 0.4) is 0 Å². The van der Waals surface area contributed by atoms with E-state index in [1.165, 1.54) is 287 Å². The van der Waals surface area contributed by atoms with E-state index in [0.29, 0.717) is 79.0 Å². The highest BCUT2D eigenvalue weighted by atomic mass is 16.5. The predicted molar refractivity (Wildman–Crippen MR) is 545 cm³/mol. The third-order valence-electron chi connectivity index (χ3n) is 34.7. The number of benzene rings is 3. The number of aryl methyl sites for hydroxylation is 1. The van der Waals surface area contributed by atoms with Crippen LogP contribution in [-0.2, 0) is 41.7 Å². The van der Waals surface area contributed by atoms with Crippen molar-refractivity contribution in [3.05, 3.63) is 107 Å². The van der Waals surface area contributed by atoms with Gasteiger partial charge in [-0.15, -0.1) is 0 Å². The standard InChI is InChI=1S/C33H45N3O.C32H50N4O2.C26H45N3O.C23H41N3O2/c34-32-35-33(25-27-15-7-2-8-16-27,23-21-26-13-5-1-6-14-26)31(37)36(32)24-22-30(28-17-9-3-10-18-28)29-19-11-4-12-20-29;1-2-3-22-34-29(37)19-18-26-14-16-28(17-15-26)24-36-30(38)32(35-31(36)33,23-27-12-8-5-9-13-27)21-20-25-10-6-4-7-11-25;1-20(23-15-9-4-10-16-23)29-24(30)26(28-25(29)27,19-22-13-7-3-8-14-22)18-17-21-11-5-2-6-12-21;1-3-4-15-28-20-12-8-11-19(16-20)17-23(21(27)26(2)22(24)25-23)14-13-18-9-6-5-7-10-18/h3-4,9-12,17-20,26-27,30H,1-2,5-8,13-16,21-25H2,(H2,34,35);14-17,25,27H,2-13,18-24H2,1H3,(H2,33,35)(H,34,37);20-23H,2-19H2,1H3,(H2,27,28);18-20H,3-17H2,1-2H3,(H2,24,25)/t33-;;20-,26+;19?,20?,23-/m1.01/s1. The molecular weight excluding hydrogens is 1650 g/mol. The predicted octanol–water partition coefficient (Wildman–Crippen LogP) is 24.5. The molecular formula is C114H181N13O6. The second-order valence-electron chi connectivity index (χ2n) is 44.6. The van der Waals surface area contributed by atoms with Crippen LogP contribution >= 0.6 is 0 Å². The molecule has 9 N–H and O–H groups in total. The van der Waals surface area contributed by atoms with Crippen LogP contribution in [0.2, 0.25) is 0 Å². The number of nitrogens with two attached hydrogens (primary N) is 4. The van der Waals surface area contributed by atoms with Crippen molar-refractivity contribution in [1.29, 1.82) is 0 Å². The molecule has 13 aliphatic rings. The molecule has 133 heavy (non-hydrogen) atoms. The molecule has 0 saturated heterocycles. The van der Waals surface area contributed by atoms with Crippen molar-refractivity contribution in [3.63, 3.8) is 0 Å². The lowest BCUT2D eigenvalue weighted by atomic mass is 9.74. The van der Waals surface area contributed by atoms with Crippen molar-refractivity contribution < 1.29 is 28.7 Å². The average Bonchev–Trinajstić information content (AvgIpc) is 1.63. The van der Waals surface area contributed by atoms with E-state index in [1.807, 2.05) is 9.80 Å². The summed E-state index contributed by atoms with van der Waals surface area (Å²) in [4.78, 5) is 94.4. The summed E-state index contributed by atoms with van der Waals surface area (Å²) in [6.45, 7) is 9.25. The minimum Gasteiger partial charge on any atom is -0.378 e. The topological polar surface area (TPSA) is 273 Å². The molecule has 19 nitrogen and oxygen atoms in total. The fourth-order valence-electron chi connectivity index (χ4n) is 26.6. The first-order valence-electron chi connectivity index (χ1n) is 55.5. The maximum Gasteiger partial charge on any atom is 0.257 e. The Morgan fingerprint density at radius 1 is 0.414 bits per heavy atom. The Balaban J connectivity index is 0.000000152. The fraction of sp³-hybridized carbons (Fsp3) is 0.763. The van der Waals surface area contributed by atoms with Crippen molar-refractivity contribution in [3.8, 4) is 0 Å². The molecule has 4 heterocycles. The SMILES string of the molecule is CCCCNC(=O)CCc1ccc(CN2C(=O)C(CCC3CCCCC3)(CC3CCCCC3)N=C2N)cc1.CCCCOC1CCCC(C[C@@]2(CCC3CCCCC3)N=C(N)N(C)C2=O)C1.C[C@@H](C1CCCCC1)N1C(=O)[C@@](CCC2CCCCC2)(CC2CCCCC2)N=C1N.NC1=N[C@](CCC2CCCCC2)(CC2CCCCC2)C(=O)N1CCC(c1ccccc1)c1ccccc1. The minimum absolute atomic E-state index is 0.108. The molecule has 3 unspecified atom stereocenters. The third kappa shape index (κ3) is 29.5. The van der Waals surface area contributed by atoms with Crippen molar-refractivity contribution in [2.75, 3.05) is 26.7 Å². The van der Waals surface area contributed by atoms with Crippen LogP contribution in [0.5, 0.6) is 0 Å². The normalized spacial score (nSPS) is 26.9. The molecule has 738 valence electrons. The molecule has 19 heteroatoms. The maximum absolute atomic E-state index is 14.2. The summed E-state index contributed by atoms with van der Waals surface area (Å²) in [5, 5.41) is 2.98. The fourth-order valence-corrected chi connectivity index (χ4v) is 26.6. The van der Waals surface area contributed by atoms with Gasteiger partial charge in [0, 0.05) is 45.1 Å². The molecule has 3 aromatic rings. The molecule has 0 radical (unpaired) electrons. The van der Waals surface area contributed by atoms with E-state index in [0.717, 1.165) is 170 Å². The number of aliphatic imine (C=N–C) groups is 4. The van der Waals surface area contributed by atoms with Crippen LogP contribution in [0.25, 0.3) is 0 Å². The van der Waals surface area contributed by atoms with E-state index in [1.54, 1.807) is 16.8 Å². The van der Waals surface area contributed by atoms with E-state index in [9.17, 15) is 24.0 Å². The lowest BCUT2D eigenvalue weighted by molar-refractivity contribution is -0.135. The summed E-state index contributed by atoms with van der Waals surface area (Å²) in [6, 6.07) is 29.8. The van der Waals surface area contributed by atoms with Gasteiger partial charge in [0.25, 0.3) is 23.6 Å². The van der Waals surface area contributed by atoms with Crippen LogP contribution in [0.1, 0.15) is 447 Å². The molecule has 7 atom stereocenters. The summed E-state index contributed by atoms with van der Waals surface area (Å²) in [6.07, 6.45) is 75.2. The van der Waals surface area contributed by atoms with Gasteiger partial charge in [-0.2, -0.15) is 0 Å². The highest BCUT2D eigenvalue weighted by molar-refractivity contribution is 6.09. The third-order valence-corrected chi connectivity index (χ3v) is 34.7. The second kappa shape index (κ2) is 52.6. The molecule has 9 fully saturated rings. The van der Waals surface area contributed by atoms with E-state index >= 15 is 0 Å². The van der Waals surface area contributed by atoms with Crippen molar-refractivity contribution in [2.45, 2.75) is 472 Å². The zero-order valence-electron chi connectivity index (χ0n) is 83.7. The lowest BCUT2D eigenvalue weighted by Crippen LogP contribution is -2.51. The number of amides is 5. The first kappa shape index (κ1) is 103. The van der Waals surface area contributed by atoms with E-state index in [-0.39, 0.29) is 41.5 Å². The van der Waals surface area contributed by atoms with Crippen LogP contribution in [0, 0.1) is 53.3 Å². The lowest BCUT2D eigenvalue weighted by Gasteiger charge is -2.37. The van der Waals surface area contributed by atoms with Crippen LogP contribution in [0.15, 0.2) is 105 Å². The van der Waals surface area contributed by atoms with Gasteiger partial charge in [0.15, 0.2) is 23.8 Å². The average molecular weight is 1830 g/mol. The number of ether oxygens (including phenoxy) is 1. The second-order valence-corrected chi connectivity index (χ2v) is 44.6. The van der Waals surface area contributed by atoms with E-state index in [4.69, 9.17) is 47.6 Å². The molecule has 9 aliphatic carbocycles. The summed E-state index contributed by atoms with van der Waals surface area (Å²) in [5.74, 6) is 8.70. The first-order chi connectivity index (χ1) is 64.8. The summed E-state index contributed by atoms with van der Waals surface area (Å²) in [7, 11) is 1.78. The number of hydrogen-bond acceptors (Lipinski definition) is 14. The van der Waals surface area contributed by atoms with E-state index < -0.39 is 22.2 Å². The van der Waals surface area contributed by atoms with Gasteiger partial charge in [-0.25, -0.2) is 20.0 Å². The Morgan fingerprint density at radius 3 is 1.21 bits per heavy atom. The van der Waals surface area contributed by atoms with Gasteiger partial charge in [-0.05, 0) is 211 Å². The number of guanidine groups is 4. The zero-order chi connectivity index (χ0) is 93.3. The van der Waals surface area contributed by atoms with Crippen LogP contribution in [-0.4, -0.2) is 134 Å². The number of carbonyl (C=O) groups is 5. The maximum atomic E-state index is 14.2. The smallest absolute Gasteiger partial charge is 0.257 e. The van der Waals surface area contributed by atoms with Gasteiger partial charge in [0.05, 0.1) is 12.6 Å². The van der Waals surface area contributed by atoms with Crippen LogP contribution in [0.4, 0.5) is 0 Å². The molecule has 9 saturated carbocycles. The Labute approximate surface area is 804 Å². The Hall–Kier alpha value is -7.15. The number of carbonyl (C=O) groups excluding carboxylic acids is 5. The number of unbranched alkanes of at least 4 members (excludes halogenated alkanes) is 2. The van der Waals surface area contributed by atoms with Crippen molar-refractivity contribution in [2.24, 2.45) is 96.2 Å². The molecule has 0 bridgehead atoms. The van der Waals surface area contributed by atoms with E-state index in [2.05, 4.69) is 111 Å². The Bertz CT molecular complexity index is 4090. The number of rotatable bonds is 39.